The van der Waals surface area contributed by atoms with Crippen molar-refractivity contribution in [1.82, 2.24) is 4.98 Å². The van der Waals surface area contributed by atoms with E-state index in [9.17, 15) is 9.18 Å². The minimum Gasteiger partial charge on any atom is -0.481 e. The number of halogens is 2. The first-order valence-electron chi connectivity index (χ1n) is 3.11. The Morgan fingerprint density at radius 1 is 1.75 bits per heavy atom. The third-order valence-corrected chi connectivity index (χ3v) is 1.59. The molecule has 0 aromatic carbocycles. The van der Waals surface area contributed by atoms with E-state index < -0.39 is 11.9 Å². The second kappa shape index (κ2) is 3.49. The molecule has 5 heteroatoms. The van der Waals surface area contributed by atoms with E-state index in [1.54, 1.807) is 0 Å². The van der Waals surface area contributed by atoms with Crippen LogP contribution >= 0.6 is 11.6 Å². The Kier molecular flexibility index (Phi) is 2.60. The van der Waals surface area contributed by atoms with Crippen LogP contribution in [0.25, 0.3) is 0 Å². The Morgan fingerprint density at radius 2 is 2.42 bits per heavy atom. The van der Waals surface area contributed by atoms with Gasteiger partial charge < -0.3 is 5.11 Å². The number of rotatable bonds is 2. The van der Waals surface area contributed by atoms with Crippen LogP contribution in [0.3, 0.4) is 0 Å². The molecule has 0 aliphatic rings. The van der Waals surface area contributed by atoms with Gasteiger partial charge >= 0.3 is 5.97 Å². The summed E-state index contributed by atoms with van der Waals surface area (Å²) in [5.41, 5.74) is 0.311. The van der Waals surface area contributed by atoms with E-state index in [0.717, 1.165) is 12.3 Å². The molecule has 0 spiro atoms. The van der Waals surface area contributed by atoms with Gasteiger partial charge in [-0.3, -0.25) is 4.79 Å². The molecule has 3 nitrogen and oxygen atoms in total. The normalized spacial score (nSPS) is 9.83. The van der Waals surface area contributed by atoms with E-state index in [-0.39, 0.29) is 11.4 Å². The zero-order valence-corrected chi connectivity index (χ0v) is 6.68. The molecule has 1 N–H and O–H groups in total. The number of carbonyl (C=O) groups is 1. The Hall–Kier alpha value is -1.16. The van der Waals surface area contributed by atoms with E-state index in [1.165, 1.54) is 0 Å². The minimum atomic E-state index is -1.02. The molecule has 0 unspecified atom stereocenters. The summed E-state index contributed by atoms with van der Waals surface area (Å²) in [7, 11) is 0. The molecule has 1 heterocycles. The van der Waals surface area contributed by atoms with Crippen molar-refractivity contribution in [1.29, 1.82) is 0 Å². The Bertz CT molecular complexity index is 316. The number of nitrogens with zero attached hydrogens (tertiary/aromatic N) is 1. The van der Waals surface area contributed by atoms with Crippen molar-refractivity contribution in [3.8, 4) is 0 Å². The summed E-state index contributed by atoms with van der Waals surface area (Å²) >= 11 is 5.53. The average Bonchev–Trinajstić information content (AvgIpc) is 1.94. The second-order valence-corrected chi connectivity index (χ2v) is 2.58. The van der Waals surface area contributed by atoms with Crippen LogP contribution in [0.15, 0.2) is 12.3 Å². The van der Waals surface area contributed by atoms with E-state index in [2.05, 4.69) is 4.98 Å². The van der Waals surface area contributed by atoms with Gasteiger partial charge in [0, 0.05) is 17.8 Å². The molecule has 0 bridgehead atoms. The SMILES string of the molecule is O=C(O)Cc1cnc(F)cc1Cl. The van der Waals surface area contributed by atoms with Crippen molar-refractivity contribution in [2.75, 3.05) is 0 Å². The van der Waals surface area contributed by atoms with Gasteiger partial charge in [0.2, 0.25) is 5.95 Å². The number of carboxylic acids is 1. The van der Waals surface area contributed by atoms with Crippen LogP contribution in [0.5, 0.6) is 0 Å². The van der Waals surface area contributed by atoms with Gasteiger partial charge in [-0.25, -0.2) is 4.98 Å². The highest BCUT2D eigenvalue weighted by atomic mass is 35.5. The van der Waals surface area contributed by atoms with Gasteiger partial charge in [-0.05, 0) is 0 Å². The van der Waals surface area contributed by atoms with Gasteiger partial charge in [-0.2, -0.15) is 4.39 Å². The summed E-state index contributed by atoms with van der Waals surface area (Å²) in [6, 6.07) is 0.986. The molecule has 12 heavy (non-hydrogen) atoms. The maximum atomic E-state index is 12.3. The first-order valence-corrected chi connectivity index (χ1v) is 3.49. The summed E-state index contributed by atoms with van der Waals surface area (Å²) in [5.74, 6) is -1.74. The highest BCUT2D eigenvalue weighted by molar-refractivity contribution is 6.31. The Balaban J connectivity index is 2.93. The molecule has 0 amide bonds. The quantitative estimate of drug-likeness (QED) is 0.718. The van der Waals surface area contributed by atoms with E-state index in [0.29, 0.717) is 5.56 Å². The van der Waals surface area contributed by atoms with E-state index in [1.807, 2.05) is 0 Å². The lowest BCUT2D eigenvalue weighted by atomic mass is 10.2. The van der Waals surface area contributed by atoms with Gasteiger partial charge in [0.25, 0.3) is 0 Å². The van der Waals surface area contributed by atoms with Crippen molar-refractivity contribution in [3.05, 3.63) is 28.8 Å². The number of pyridine rings is 1. The highest BCUT2D eigenvalue weighted by Crippen LogP contribution is 2.15. The number of aromatic nitrogens is 1. The minimum absolute atomic E-state index is 0.0879. The fraction of sp³-hybridized carbons (Fsp3) is 0.143. The van der Waals surface area contributed by atoms with Crippen molar-refractivity contribution in [2.24, 2.45) is 0 Å². The van der Waals surface area contributed by atoms with Crippen LogP contribution in [0.1, 0.15) is 5.56 Å². The maximum Gasteiger partial charge on any atom is 0.307 e. The largest absolute Gasteiger partial charge is 0.481 e. The fourth-order valence-corrected chi connectivity index (χ4v) is 0.934. The second-order valence-electron chi connectivity index (χ2n) is 2.17. The monoisotopic (exact) mass is 189 g/mol. The first-order chi connectivity index (χ1) is 5.59. The standard InChI is InChI=1S/C7H5ClFNO2/c8-5-2-6(9)10-3-4(5)1-7(11)12/h2-3H,1H2,(H,11,12). The Morgan fingerprint density at radius 3 is 2.92 bits per heavy atom. The molecule has 0 radical (unpaired) electrons. The molecule has 1 aromatic heterocycles. The van der Waals surface area contributed by atoms with Crippen molar-refractivity contribution in [3.63, 3.8) is 0 Å². The number of aliphatic carboxylic acids is 1. The highest BCUT2D eigenvalue weighted by Gasteiger charge is 2.06. The molecule has 1 rings (SSSR count). The number of carboxylic acid groups (broad SMARTS) is 1. The molecular formula is C7H5ClFNO2. The lowest BCUT2D eigenvalue weighted by Crippen LogP contribution is -2.01. The average molecular weight is 190 g/mol. The van der Waals surface area contributed by atoms with Crippen LogP contribution in [0.4, 0.5) is 4.39 Å². The van der Waals surface area contributed by atoms with Crippen LogP contribution in [0.2, 0.25) is 5.02 Å². The van der Waals surface area contributed by atoms with Gasteiger partial charge in [-0.15, -0.1) is 0 Å². The van der Waals surface area contributed by atoms with E-state index >= 15 is 0 Å². The Labute approximate surface area is 72.8 Å². The van der Waals surface area contributed by atoms with Gasteiger partial charge in [0.15, 0.2) is 0 Å². The van der Waals surface area contributed by atoms with Crippen LogP contribution in [-0.2, 0) is 11.2 Å². The van der Waals surface area contributed by atoms with Gasteiger partial charge in [0.1, 0.15) is 0 Å². The number of hydrogen-bond acceptors (Lipinski definition) is 2. The predicted octanol–water partition coefficient (Wildman–Crippen LogP) is 1.50. The van der Waals surface area contributed by atoms with Gasteiger partial charge in [-0.1, -0.05) is 11.6 Å². The fourth-order valence-electron chi connectivity index (χ4n) is 0.729. The zero-order chi connectivity index (χ0) is 9.14. The van der Waals surface area contributed by atoms with Crippen LogP contribution < -0.4 is 0 Å². The molecule has 0 atom stereocenters. The molecule has 1 aromatic rings. The van der Waals surface area contributed by atoms with Crippen molar-refractivity contribution >= 4 is 17.6 Å². The summed E-state index contributed by atoms with van der Waals surface area (Å²) in [5, 5.41) is 8.47. The molecule has 0 aliphatic heterocycles. The molecule has 0 saturated heterocycles. The third-order valence-electron chi connectivity index (χ3n) is 1.24. The summed E-state index contributed by atoms with van der Waals surface area (Å²) in [6.45, 7) is 0. The van der Waals surface area contributed by atoms with Gasteiger partial charge in [0.05, 0.1) is 11.4 Å². The smallest absolute Gasteiger partial charge is 0.307 e. The van der Waals surface area contributed by atoms with Crippen molar-refractivity contribution in [2.45, 2.75) is 6.42 Å². The molecular weight excluding hydrogens is 185 g/mol. The lowest BCUT2D eigenvalue weighted by molar-refractivity contribution is -0.136. The van der Waals surface area contributed by atoms with Crippen molar-refractivity contribution < 1.29 is 14.3 Å². The zero-order valence-electron chi connectivity index (χ0n) is 5.92. The third kappa shape index (κ3) is 2.17. The topological polar surface area (TPSA) is 50.2 Å². The number of hydrogen-bond donors (Lipinski definition) is 1. The maximum absolute atomic E-state index is 12.3. The molecule has 0 aliphatic carbocycles. The van der Waals surface area contributed by atoms with Crippen LogP contribution in [0, 0.1) is 5.95 Å². The molecule has 0 saturated carbocycles. The van der Waals surface area contributed by atoms with E-state index in [4.69, 9.17) is 16.7 Å². The molecule has 64 valence electrons. The predicted molar refractivity (Wildman–Crippen MR) is 40.5 cm³/mol. The summed E-state index contributed by atoms with van der Waals surface area (Å²) < 4.78 is 12.3. The summed E-state index contributed by atoms with van der Waals surface area (Å²) in [4.78, 5) is 13.5. The molecule has 0 fully saturated rings. The lowest BCUT2D eigenvalue weighted by Gasteiger charge is -1.98. The van der Waals surface area contributed by atoms with Crippen LogP contribution in [-0.4, -0.2) is 16.1 Å². The first kappa shape index (κ1) is 8.93. The summed E-state index contributed by atoms with van der Waals surface area (Å²) in [6.07, 6.45) is 0.873.